The summed E-state index contributed by atoms with van der Waals surface area (Å²) >= 11 is 0. The van der Waals surface area contributed by atoms with Crippen molar-refractivity contribution in [3.05, 3.63) is 23.5 Å². The van der Waals surface area contributed by atoms with E-state index in [1.807, 2.05) is 13.0 Å². The van der Waals surface area contributed by atoms with Crippen LogP contribution in [0, 0.1) is 11.3 Å². The predicted octanol–water partition coefficient (Wildman–Crippen LogP) is 2.83. The number of ether oxygens (including phenoxy) is 2. The van der Waals surface area contributed by atoms with Gasteiger partial charge in [-0.3, -0.25) is 4.79 Å². The highest BCUT2D eigenvalue weighted by Gasteiger charge is 2.44. The van der Waals surface area contributed by atoms with Gasteiger partial charge in [-0.05, 0) is 49.8 Å². The van der Waals surface area contributed by atoms with Crippen LogP contribution >= 0.6 is 0 Å². The third kappa shape index (κ3) is 1.99. The number of allylic oxidation sites excluding steroid dienone is 2. The first kappa shape index (κ1) is 12.2. The second kappa shape index (κ2) is 4.55. The number of hydrogen-bond acceptors (Lipinski definition) is 3. The van der Waals surface area contributed by atoms with Gasteiger partial charge in [-0.15, -0.1) is 0 Å². The molecule has 1 saturated carbocycles. The highest BCUT2D eigenvalue weighted by molar-refractivity contribution is 5.80. The van der Waals surface area contributed by atoms with Gasteiger partial charge in [0.25, 0.3) is 0 Å². The van der Waals surface area contributed by atoms with E-state index in [1.54, 1.807) is 7.11 Å². The van der Waals surface area contributed by atoms with E-state index in [1.165, 1.54) is 12.7 Å². The van der Waals surface area contributed by atoms with Gasteiger partial charge in [-0.2, -0.15) is 0 Å². The van der Waals surface area contributed by atoms with Crippen molar-refractivity contribution in [3.63, 3.8) is 0 Å². The molecule has 3 heteroatoms. The van der Waals surface area contributed by atoms with Gasteiger partial charge >= 0.3 is 5.97 Å². The number of fused-ring (bicyclic) bond motifs is 1. The lowest BCUT2D eigenvalue weighted by Crippen LogP contribution is -2.38. The van der Waals surface area contributed by atoms with Crippen molar-refractivity contribution in [2.45, 2.75) is 32.6 Å². The Morgan fingerprint density at radius 1 is 1.47 bits per heavy atom. The molecular weight excluding hydrogens is 216 g/mol. The van der Waals surface area contributed by atoms with Crippen LogP contribution in [0.15, 0.2) is 23.5 Å². The van der Waals surface area contributed by atoms with Crippen LogP contribution in [0.5, 0.6) is 0 Å². The standard InChI is InChI=1S/C14H20O3/c1-14(13(15)17-3)8-4-5-10-6-7-11(16-2)9-12(10)14/h7,9-10H,4-6,8H2,1-3H3. The van der Waals surface area contributed by atoms with Crippen LogP contribution in [0.2, 0.25) is 0 Å². The van der Waals surface area contributed by atoms with E-state index in [0.717, 1.165) is 31.4 Å². The summed E-state index contributed by atoms with van der Waals surface area (Å²) in [4.78, 5) is 12.0. The Bertz CT molecular complexity index is 381. The fourth-order valence-corrected chi connectivity index (χ4v) is 3.03. The fraction of sp³-hybridized carbons (Fsp3) is 0.643. The zero-order valence-corrected chi connectivity index (χ0v) is 10.8. The molecule has 0 N–H and O–H groups in total. The Morgan fingerprint density at radius 3 is 2.88 bits per heavy atom. The molecule has 2 aliphatic carbocycles. The molecule has 0 heterocycles. The third-order valence-corrected chi connectivity index (χ3v) is 4.08. The zero-order chi connectivity index (χ0) is 12.5. The average molecular weight is 236 g/mol. The van der Waals surface area contributed by atoms with E-state index in [0.29, 0.717) is 5.92 Å². The maximum atomic E-state index is 12.0. The molecule has 17 heavy (non-hydrogen) atoms. The summed E-state index contributed by atoms with van der Waals surface area (Å²) in [6, 6.07) is 0. The van der Waals surface area contributed by atoms with E-state index in [4.69, 9.17) is 9.47 Å². The van der Waals surface area contributed by atoms with Gasteiger partial charge in [0.2, 0.25) is 0 Å². The van der Waals surface area contributed by atoms with Crippen LogP contribution in [0.4, 0.5) is 0 Å². The maximum absolute atomic E-state index is 12.0. The van der Waals surface area contributed by atoms with Crippen molar-refractivity contribution >= 4 is 5.97 Å². The van der Waals surface area contributed by atoms with Gasteiger partial charge in [-0.1, -0.05) is 6.42 Å². The first-order chi connectivity index (χ1) is 8.11. The molecular formula is C14H20O3. The molecule has 0 aromatic rings. The number of hydrogen-bond donors (Lipinski definition) is 0. The van der Waals surface area contributed by atoms with Crippen LogP contribution in [0.1, 0.15) is 32.6 Å². The van der Waals surface area contributed by atoms with Gasteiger partial charge in [0, 0.05) is 0 Å². The Kier molecular flexibility index (Phi) is 3.27. The molecule has 0 spiro atoms. The minimum Gasteiger partial charge on any atom is -0.497 e. The van der Waals surface area contributed by atoms with Crippen molar-refractivity contribution in [1.82, 2.24) is 0 Å². The van der Waals surface area contributed by atoms with Gasteiger partial charge in [-0.25, -0.2) is 0 Å². The molecule has 0 radical (unpaired) electrons. The van der Waals surface area contributed by atoms with Crippen molar-refractivity contribution < 1.29 is 14.3 Å². The lowest BCUT2D eigenvalue weighted by molar-refractivity contribution is -0.151. The molecule has 2 rings (SSSR count). The molecule has 2 aliphatic rings. The molecule has 0 bridgehead atoms. The summed E-state index contributed by atoms with van der Waals surface area (Å²) in [6.45, 7) is 2.00. The molecule has 0 amide bonds. The summed E-state index contributed by atoms with van der Waals surface area (Å²) in [5.41, 5.74) is 0.727. The summed E-state index contributed by atoms with van der Waals surface area (Å²) in [7, 11) is 3.13. The Balaban J connectivity index is 2.36. The van der Waals surface area contributed by atoms with E-state index in [-0.39, 0.29) is 5.97 Å². The number of rotatable bonds is 2. The van der Waals surface area contributed by atoms with Crippen LogP contribution in [0.3, 0.4) is 0 Å². The van der Waals surface area contributed by atoms with Gasteiger partial charge in [0.1, 0.15) is 5.76 Å². The zero-order valence-electron chi connectivity index (χ0n) is 10.8. The topological polar surface area (TPSA) is 35.5 Å². The van der Waals surface area contributed by atoms with Crippen LogP contribution in [0.25, 0.3) is 0 Å². The number of carbonyl (C=O) groups is 1. The summed E-state index contributed by atoms with van der Waals surface area (Å²) < 4.78 is 10.2. The van der Waals surface area contributed by atoms with Crippen molar-refractivity contribution in [1.29, 1.82) is 0 Å². The number of methoxy groups -OCH3 is 2. The second-order valence-electron chi connectivity index (χ2n) is 5.06. The predicted molar refractivity (Wildman–Crippen MR) is 65.3 cm³/mol. The first-order valence-electron chi connectivity index (χ1n) is 6.16. The second-order valence-corrected chi connectivity index (χ2v) is 5.06. The van der Waals surface area contributed by atoms with Crippen LogP contribution < -0.4 is 0 Å². The van der Waals surface area contributed by atoms with E-state index < -0.39 is 5.41 Å². The number of esters is 1. The molecule has 2 atom stereocenters. The number of carbonyl (C=O) groups excluding carboxylic acids is 1. The molecule has 0 aromatic carbocycles. The van der Waals surface area contributed by atoms with Crippen molar-refractivity contribution in [2.24, 2.45) is 11.3 Å². The lowest BCUT2D eigenvalue weighted by atomic mass is 9.64. The Hall–Kier alpha value is -1.25. The molecule has 3 nitrogen and oxygen atoms in total. The van der Waals surface area contributed by atoms with Gasteiger partial charge in [0.15, 0.2) is 0 Å². The molecule has 1 fully saturated rings. The normalized spacial score (nSPS) is 32.1. The van der Waals surface area contributed by atoms with E-state index in [9.17, 15) is 4.79 Å². The SMILES string of the molecule is COC(=O)C1(C)CCCC2CC=C(OC)C=C21. The molecule has 0 aliphatic heterocycles. The smallest absolute Gasteiger partial charge is 0.315 e. The Morgan fingerprint density at radius 2 is 2.24 bits per heavy atom. The molecule has 0 saturated heterocycles. The summed E-state index contributed by atoms with van der Waals surface area (Å²) in [6.07, 6.45) is 8.23. The minimum atomic E-state index is -0.463. The first-order valence-corrected chi connectivity index (χ1v) is 6.16. The Labute approximate surface area is 102 Å². The van der Waals surface area contributed by atoms with Gasteiger partial charge in [0.05, 0.1) is 19.6 Å². The van der Waals surface area contributed by atoms with E-state index >= 15 is 0 Å². The molecule has 0 aromatic heterocycles. The fourth-order valence-electron chi connectivity index (χ4n) is 3.03. The van der Waals surface area contributed by atoms with Crippen LogP contribution in [-0.2, 0) is 14.3 Å². The minimum absolute atomic E-state index is 0.120. The highest BCUT2D eigenvalue weighted by Crippen LogP contribution is 2.48. The van der Waals surface area contributed by atoms with Gasteiger partial charge < -0.3 is 9.47 Å². The largest absolute Gasteiger partial charge is 0.497 e. The van der Waals surface area contributed by atoms with E-state index in [2.05, 4.69) is 6.08 Å². The molecule has 94 valence electrons. The quantitative estimate of drug-likeness (QED) is 0.692. The maximum Gasteiger partial charge on any atom is 0.315 e. The third-order valence-electron chi connectivity index (χ3n) is 4.08. The highest BCUT2D eigenvalue weighted by atomic mass is 16.5. The summed E-state index contributed by atoms with van der Waals surface area (Å²) in [5.74, 6) is 1.23. The average Bonchev–Trinajstić information content (AvgIpc) is 2.37. The molecule has 2 unspecified atom stereocenters. The summed E-state index contributed by atoms with van der Waals surface area (Å²) in [5, 5.41) is 0. The lowest BCUT2D eigenvalue weighted by Gasteiger charge is -2.40. The van der Waals surface area contributed by atoms with Crippen molar-refractivity contribution in [3.8, 4) is 0 Å². The van der Waals surface area contributed by atoms with Crippen LogP contribution in [-0.4, -0.2) is 20.2 Å². The monoisotopic (exact) mass is 236 g/mol. The van der Waals surface area contributed by atoms with Crippen molar-refractivity contribution in [2.75, 3.05) is 14.2 Å².